The maximum absolute atomic E-state index is 12.0. The number of nitrogens with zero attached hydrogens (tertiary/aromatic N) is 1. The number of hydrogen-bond donors (Lipinski definition) is 1. The first-order chi connectivity index (χ1) is 9.65. The van der Waals surface area contributed by atoms with Gasteiger partial charge in [-0.25, -0.2) is 4.79 Å². The van der Waals surface area contributed by atoms with Gasteiger partial charge in [-0.2, -0.15) is 0 Å². The Morgan fingerprint density at radius 3 is 2.57 bits per heavy atom. The number of hydrogen-bond acceptors (Lipinski definition) is 4. The first-order valence-corrected chi connectivity index (χ1v) is 7.48. The van der Waals surface area contributed by atoms with Crippen molar-refractivity contribution in [1.29, 1.82) is 0 Å². The van der Waals surface area contributed by atoms with Crippen molar-refractivity contribution in [2.24, 2.45) is 0 Å². The SMILES string of the molecule is CNC(=O)CCCOC1(C)CCN(C(=O)OC(C)(C)C)C1. The van der Waals surface area contributed by atoms with Crippen LogP contribution in [0.25, 0.3) is 0 Å². The summed E-state index contributed by atoms with van der Waals surface area (Å²) in [5.41, 5.74) is -0.829. The number of ether oxygens (including phenoxy) is 2. The molecule has 1 atom stereocenters. The Morgan fingerprint density at radius 2 is 2.00 bits per heavy atom. The molecule has 0 saturated carbocycles. The van der Waals surface area contributed by atoms with Crippen molar-refractivity contribution in [3.8, 4) is 0 Å². The molecule has 1 aliphatic rings. The maximum atomic E-state index is 12.0. The van der Waals surface area contributed by atoms with Crippen molar-refractivity contribution in [1.82, 2.24) is 10.2 Å². The van der Waals surface area contributed by atoms with Crippen LogP contribution in [0, 0.1) is 0 Å². The van der Waals surface area contributed by atoms with Crippen molar-refractivity contribution in [2.45, 2.75) is 58.2 Å². The minimum Gasteiger partial charge on any atom is -0.444 e. The fourth-order valence-corrected chi connectivity index (χ4v) is 2.21. The lowest BCUT2D eigenvalue weighted by atomic mass is 10.1. The van der Waals surface area contributed by atoms with E-state index >= 15 is 0 Å². The Kier molecular flexibility index (Phi) is 6.01. The van der Waals surface area contributed by atoms with Gasteiger partial charge >= 0.3 is 6.09 Å². The molecule has 6 nitrogen and oxygen atoms in total. The highest BCUT2D eigenvalue weighted by Crippen LogP contribution is 2.26. The van der Waals surface area contributed by atoms with E-state index in [1.54, 1.807) is 11.9 Å². The summed E-state index contributed by atoms with van der Waals surface area (Å²) >= 11 is 0. The van der Waals surface area contributed by atoms with Crippen LogP contribution in [0.5, 0.6) is 0 Å². The molecule has 0 aromatic rings. The molecule has 1 unspecified atom stereocenters. The van der Waals surface area contributed by atoms with Crippen LogP contribution in [0.3, 0.4) is 0 Å². The molecule has 6 heteroatoms. The molecule has 1 aliphatic heterocycles. The molecule has 1 heterocycles. The van der Waals surface area contributed by atoms with Crippen LogP contribution in [0.2, 0.25) is 0 Å². The number of likely N-dealkylation sites (tertiary alicyclic amines) is 1. The molecule has 2 amide bonds. The normalized spacial score (nSPS) is 22.2. The lowest BCUT2D eigenvalue weighted by Gasteiger charge is -2.27. The molecule has 0 radical (unpaired) electrons. The van der Waals surface area contributed by atoms with Crippen LogP contribution in [-0.2, 0) is 14.3 Å². The van der Waals surface area contributed by atoms with Crippen molar-refractivity contribution >= 4 is 12.0 Å². The zero-order valence-corrected chi connectivity index (χ0v) is 13.8. The Hall–Kier alpha value is -1.30. The van der Waals surface area contributed by atoms with Gasteiger partial charge in [0.2, 0.25) is 5.91 Å². The monoisotopic (exact) mass is 300 g/mol. The van der Waals surface area contributed by atoms with E-state index in [9.17, 15) is 9.59 Å². The second kappa shape index (κ2) is 7.11. The van der Waals surface area contributed by atoms with Gasteiger partial charge in [-0.1, -0.05) is 0 Å². The van der Waals surface area contributed by atoms with E-state index in [4.69, 9.17) is 9.47 Å². The van der Waals surface area contributed by atoms with Gasteiger partial charge in [0.1, 0.15) is 5.60 Å². The summed E-state index contributed by atoms with van der Waals surface area (Å²) in [6, 6.07) is 0. The summed E-state index contributed by atoms with van der Waals surface area (Å²) in [6.45, 7) is 9.26. The van der Waals surface area contributed by atoms with Gasteiger partial charge in [-0.15, -0.1) is 0 Å². The van der Waals surface area contributed by atoms with Crippen LogP contribution in [-0.4, -0.2) is 54.8 Å². The summed E-state index contributed by atoms with van der Waals surface area (Å²) in [5, 5.41) is 2.58. The van der Waals surface area contributed by atoms with Crippen LogP contribution in [0.15, 0.2) is 0 Å². The summed E-state index contributed by atoms with van der Waals surface area (Å²) in [6.07, 6.45) is 1.64. The summed E-state index contributed by atoms with van der Waals surface area (Å²) in [7, 11) is 1.63. The van der Waals surface area contributed by atoms with E-state index in [-0.39, 0.29) is 17.6 Å². The largest absolute Gasteiger partial charge is 0.444 e. The first-order valence-electron chi connectivity index (χ1n) is 7.48. The van der Waals surface area contributed by atoms with Gasteiger partial charge in [0.05, 0.1) is 12.1 Å². The van der Waals surface area contributed by atoms with E-state index < -0.39 is 5.60 Å². The third kappa shape index (κ3) is 6.33. The average molecular weight is 300 g/mol. The molecule has 21 heavy (non-hydrogen) atoms. The summed E-state index contributed by atoms with van der Waals surface area (Å²) in [5.74, 6) is 0.0190. The molecule has 0 bridgehead atoms. The third-order valence-electron chi connectivity index (χ3n) is 3.37. The molecular weight excluding hydrogens is 272 g/mol. The van der Waals surface area contributed by atoms with Crippen molar-refractivity contribution in [3.63, 3.8) is 0 Å². The fourth-order valence-electron chi connectivity index (χ4n) is 2.21. The van der Waals surface area contributed by atoms with E-state index in [0.29, 0.717) is 32.5 Å². The topological polar surface area (TPSA) is 67.9 Å². The fraction of sp³-hybridized carbons (Fsp3) is 0.867. The zero-order chi connectivity index (χ0) is 16.1. The molecule has 1 N–H and O–H groups in total. The Morgan fingerprint density at radius 1 is 1.33 bits per heavy atom. The van der Waals surface area contributed by atoms with E-state index in [0.717, 1.165) is 6.42 Å². The van der Waals surface area contributed by atoms with Gasteiger partial charge < -0.3 is 19.7 Å². The predicted octanol–water partition coefficient (Wildman–Crippen LogP) is 1.93. The highest BCUT2D eigenvalue weighted by atomic mass is 16.6. The van der Waals surface area contributed by atoms with Gasteiger partial charge in [0.25, 0.3) is 0 Å². The van der Waals surface area contributed by atoms with Crippen molar-refractivity contribution < 1.29 is 19.1 Å². The summed E-state index contributed by atoms with van der Waals surface area (Å²) in [4.78, 5) is 24.8. The highest BCUT2D eigenvalue weighted by Gasteiger charge is 2.38. The molecule has 0 aliphatic carbocycles. The van der Waals surface area contributed by atoms with Crippen LogP contribution in [0.4, 0.5) is 4.79 Å². The van der Waals surface area contributed by atoms with E-state index in [2.05, 4.69) is 5.32 Å². The number of carbonyl (C=O) groups excluding carboxylic acids is 2. The second-order valence-corrected chi connectivity index (χ2v) is 6.73. The molecular formula is C15H28N2O4. The molecule has 0 aromatic heterocycles. The van der Waals surface area contributed by atoms with Crippen LogP contribution < -0.4 is 5.32 Å². The minimum atomic E-state index is -0.482. The number of rotatable bonds is 5. The molecule has 0 aromatic carbocycles. The Bertz CT molecular complexity index is 378. The summed E-state index contributed by atoms with van der Waals surface area (Å²) < 4.78 is 11.2. The Labute approximate surface area is 127 Å². The number of carbonyl (C=O) groups is 2. The predicted molar refractivity (Wildman–Crippen MR) is 80.1 cm³/mol. The van der Waals surface area contributed by atoms with Gasteiger partial charge in [0.15, 0.2) is 0 Å². The van der Waals surface area contributed by atoms with Gasteiger partial charge in [-0.3, -0.25) is 4.79 Å². The van der Waals surface area contributed by atoms with Crippen LogP contribution in [0.1, 0.15) is 47.0 Å². The highest BCUT2D eigenvalue weighted by molar-refractivity contribution is 5.75. The molecule has 1 fully saturated rings. The number of nitrogens with one attached hydrogen (secondary N) is 1. The van der Waals surface area contributed by atoms with Crippen LogP contribution >= 0.6 is 0 Å². The van der Waals surface area contributed by atoms with Gasteiger partial charge in [0, 0.05) is 26.6 Å². The van der Waals surface area contributed by atoms with E-state index in [1.165, 1.54) is 0 Å². The van der Waals surface area contributed by atoms with Crippen molar-refractivity contribution in [2.75, 3.05) is 26.7 Å². The average Bonchev–Trinajstić information content (AvgIpc) is 2.75. The lowest BCUT2D eigenvalue weighted by molar-refractivity contribution is -0.121. The quantitative estimate of drug-likeness (QED) is 0.788. The first kappa shape index (κ1) is 17.8. The Balaban J connectivity index is 2.34. The van der Waals surface area contributed by atoms with Crippen molar-refractivity contribution in [3.05, 3.63) is 0 Å². The third-order valence-corrected chi connectivity index (χ3v) is 3.37. The standard InChI is InChI=1S/C15H28N2O4/c1-14(2,3)21-13(19)17-9-8-15(4,11-17)20-10-6-7-12(18)16-5/h6-11H2,1-5H3,(H,16,18). The second-order valence-electron chi connectivity index (χ2n) is 6.73. The lowest BCUT2D eigenvalue weighted by Crippen LogP contribution is -2.39. The zero-order valence-electron chi connectivity index (χ0n) is 13.8. The molecule has 1 saturated heterocycles. The molecule has 122 valence electrons. The molecule has 0 spiro atoms. The maximum Gasteiger partial charge on any atom is 0.410 e. The smallest absolute Gasteiger partial charge is 0.410 e. The van der Waals surface area contributed by atoms with E-state index in [1.807, 2.05) is 27.7 Å². The van der Waals surface area contributed by atoms with Gasteiger partial charge in [-0.05, 0) is 40.5 Å². The molecule has 1 rings (SSSR count). The minimum absolute atomic E-state index is 0.0190. The number of amides is 2.